The third-order valence-electron chi connectivity index (χ3n) is 9.33. The van der Waals surface area contributed by atoms with E-state index >= 15 is 0 Å². The fraction of sp³-hybridized carbons (Fsp3) is 0.220. The van der Waals surface area contributed by atoms with E-state index in [0.717, 1.165) is 18.6 Å². The first-order chi connectivity index (χ1) is 20.8. The summed E-state index contributed by atoms with van der Waals surface area (Å²) in [4.78, 5) is 0. The van der Waals surface area contributed by atoms with Crippen LogP contribution in [0.1, 0.15) is 47.2 Å². The van der Waals surface area contributed by atoms with Crippen LogP contribution in [-0.4, -0.2) is 14.7 Å². The van der Waals surface area contributed by atoms with Gasteiger partial charge in [-0.1, -0.05) is 143 Å². The Kier molecular flexibility index (Phi) is 7.98. The molecule has 43 heavy (non-hydrogen) atoms. The van der Waals surface area contributed by atoms with E-state index < -0.39 is 8.07 Å². The van der Waals surface area contributed by atoms with Crippen molar-refractivity contribution in [2.24, 2.45) is 0 Å². The topological polar surface area (TPSA) is 9.23 Å². The minimum atomic E-state index is -2.22. The lowest BCUT2D eigenvalue weighted by molar-refractivity contribution is 0.363. The Morgan fingerprint density at radius 3 is 1.70 bits per heavy atom. The molecule has 5 aromatic rings. The molecule has 0 heterocycles. The number of ether oxygens (including phenoxy) is 1. The maximum absolute atomic E-state index is 6.39. The first-order valence-electron chi connectivity index (χ1n) is 15.7. The van der Waals surface area contributed by atoms with Crippen LogP contribution in [0.2, 0.25) is 13.1 Å². The SMILES string of the molecule is C=CCOc1c(C)cccc1[Si](C)(C)C1c2cc(-c3cccc(CC)c3)ccc2-c2ccc(-c3cccc(CC)c3)cc21. The molecule has 1 nitrogen and oxygen atoms in total. The minimum Gasteiger partial charge on any atom is -0.489 e. The van der Waals surface area contributed by atoms with E-state index in [4.69, 9.17) is 4.74 Å². The smallest absolute Gasteiger partial charge is 0.121 e. The van der Waals surface area contributed by atoms with Crippen LogP contribution in [-0.2, 0) is 12.8 Å². The van der Waals surface area contributed by atoms with Crippen LogP contribution in [0.25, 0.3) is 33.4 Å². The zero-order valence-corrected chi connectivity index (χ0v) is 27.2. The van der Waals surface area contributed by atoms with Crippen molar-refractivity contribution in [2.45, 2.75) is 52.2 Å². The summed E-state index contributed by atoms with van der Waals surface area (Å²) in [6.07, 6.45) is 3.92. The van der Waals surface area contributed by atoms with E-state index in [1.165, 1.54) is 66.4 Å². The summed E-state index contributed by atoms with van der Waals surface area (Å²) < 4.78 is 6.39. The van der Waals surface area contributed by atoms with Crippen LogP contribution in [0, 0.1) is 6.92 Å². The molecule has 0 bridgehead atoms. The number of aryl methyl sites for hydroxylation is 3. The number of fused-ring (bicyclic) bond motifs is 3. The van der Waals surface area contributed by atoms with Crippen molar-refractivity contribution in [2.75, 3.05) is 6.61 Å². The number of benzene rings is 5. The highest BCUT2D eigenvalue weighted by molar-refractivity contribution is 6.92. The second kappa shape index (κ2) is 11.9. The van der Waals surface area contributed by atoms with Crippen LogP contribution >= 0.6 is 0 Å². The van der Waals surface area contributed by atoms with Crippen LogP contribution in [0.15, 0.2) is 116 Å². The van der Waals surface area contributed by atoms with E-state index in [9.17, 15) is 0 Å². The van der Waals surface area contributed by atoms with Gasteiger partial charge in [0.25, 0.3) is 0 Å². The van der Waals surface area contributed by atoms with Gasteiger partial charge >= 0.3 is 0 Å². The summed E-state index contributed by atoms with van der Waals surface area (Å²) in [5.74, 6) is 1.03. The van der Waals surface area contributed by atoms with Gasteiger partial charge in [-0.05, 0) is 86.2 Å². The van der Waals surface area contributed by atoms with Gasteiger partial charge in [-0.15, -0.1) is 0 Å². The summed E-state index contributed by atoms with van der Waals surface area (Å²) in [5, 5.41) is 1.37. The molecule has 216 valence electrons. The third kappa shape index (κ3) is 5.30. The van der Waals surface area contributed by atoms with E-state index in [1.807, 2.05) is 6.08 Å². The predicted octanol–water partition coefficient (Wildman–Crippen LogP) is 10.3. The molecule has 0 spiro atoms. The molecule has 0 radical (unpaired) electrons. The molecule has 2 heteroatoms. The molecule has 1 aliphatic rings. The Balaban J connectivity index is 1.56. The van der Waals surface area contributed by atoms with Crippen molar-refractivity contribution in [1.29, 1.82) is 0 Å². The summed E-state index contributed by atoms with van der Waals surface area (Å²) in [6.45, 7) is 16.1. The first kappa shape index (κ1) is 29.0. The summed E-state index contributed by atoms with van der Waals surface area (Å²) in [7, 11) is -2.22. The van der Waals surface area contributed by atoms with Gasteiger partial charge in [-0.3, -0.25) is 0 Å². The fourth-order valence-corrected chi connectivity index (χ4v) is 10.7. The largest absolute Gasteiger partial charge is 0.489 e. The number of rotatable bonds is 9. The molecular formula is C41H42OSi. The van der Waals surface area contributed by atoms with Gasteiger partial charge in [0.2, 0.25) is 0 Å². The second-order valence-electron chi connectivity index (χ2n) is 12.4. The Hall–Kier alpha value is -4.14. The second-order valence-corrected chi connectivity index (χ2v) is 17.0. The molecule has 5 aromatic carbocycles. The molecule has 0 aromatic heterocycles. The molecule has 0 saturated carbocycles. The Labute approximate surface area is 258 Å². The quantitative estimate of drug-likeness (QED) is 0.125. The van der Waals surface area contributed by atoms with Crippen molar-refractivity contribution >= 4 is 13.3 Å². The molecule has 0 saturated heterocycles. The Bertz CT molecular complexity index is 1710. The van der Waals surface area contributed by atoms with Crippen LogP contribution in [0.5, 0.6) is 5.75 Å². The molecule has 0 N–H and O–H groups in total. The number of para-hydroxylation sites is 1. The molecule has 0 amide bonds. The van der Waals surface area contributed by atoms with Gasteiger partial charge in [0.05, 0.1) is 8.07 Å². The van der Waals surface area contributed by atoms with Crippen molar-refractivity contribution in [3.8, 4) is 39.1 Å². The van der Waals surface area contributed by atoms with Crippen LogP contribution in [0.4, 0.5) is 0 Å². The molecular weight excluding hydrogens is 537 g/mol. The van der Waals surface area contributed by atoms with Gasteiger partial charge in [-0.2, -0.15) is 0 Å². The lowest BCUT2D eigenvalue weighted by atomic mass is 9.96. The average Bonchev–Trinajstić information content (AvgIpc) is 3.37. The first-order valence-corrected chi connectivity index (χ1v) is 18.7. The number of hydrogen-bond acceptors (Lipinski definition) is 1. The highest BCUT2D eigenvalue weighted by atomic mass is 28.3. The summed E-state index contributed by atoms with van der Waals surface area (Å²) >= 11 is 0. The minimum absolute atomic E-state index is 0.286. The Morgan fingerprint density at radius 2 is 1.19 bits per heavy atom. The van der Waals surface area contributed by atoms with Crippen LogP contribution < -0.4 is 9.92 Å². The monoisotopic (exact) mass is 578 g/mol. The van der Waals surface area contributed by atoms with Gasteiger partial charge < -0.3 is 4.74 Å². The van der Waals surface area contributed by atoms with Crippen molar-refractivity contribution in [3.05, 3.63) is 144 Å². The van der Waals surface area contributed by atoms with E-state index in [0.29, 0.717) is 6.61 Å². The highest BCUT2D eigenvalue weighted by Crippen LogP contribution is 2.51. The fourth-order valence-electron chi connectivity index (χ4n) is 6.99. The van der Waals surface area contributed by atoms with E-state index in [-0.39, 0.29) is 5.54 Å². The normalized spacial score (nSPS) is 12.6. The Morgan fingerprint density at radius 1 is 0.674 bits per heavy atom. The molecule has 6 rings (SSSR count). The lowest BCUT2D eigenvalue weighted by Crippen LogP contribution is -2.48. The molecule has 0 fully saturated rings. The van der Waals surface area contributed by atoms with Gasteiger partial charge in [0.15, 0.2) is 0 Å². The predicted molar refractivity (Wildman–Crippen MR) is 187 cm³/mol. The summed E-state index contributed by atoms with van der Waals surface area (Å²) in [6, 6.07) is 39.1. The summed E-state index contributed by atoms with van der Waals surface area (Å²) in [5.41, 5.74) is 15.0. The van der Waals surface area contributed by atoms with Crippen molar-refractivity contribution in [1.82, 2.24) is 0 Å². The van der Waals surface area contributed by atoms with Crippen LogP contribution in [0.3, 0.4) is 0 Å². The zero-order valence-electron chi connectivity index (χ0n) is 26.2. The maximum Gasteiger partial charge on any atom is 0.121 e. The molecule has 1 aliphatic carbocycles. The van der Waals surface area contributed by atoms with E-state index in [1.54, 1.807) is 0 Å². The van der Waals surface area contributed by atoms with Gasteiger partial charge in [0, 0.05) is 5.54 Å². The average molecular weight is 579 g/mol. The third-order valence-corrected chi connectivity index (χ3v) is 13.2. The molecule has 0 unspecified atom stereocenters. The highest BCUT2D eigenvalue weighted by Gasteiger charge is 2.44. The van der Waals surface area contributed by atoms with Crippen molar-refractivity contribution in [3.63, 3.8) is 0 Å². The molecule has 0 aliphatic heterocycles. The zero-order chi connectivity index (χ0) is 30.1. The maximum atomic E-state index is 6.39. The van der Waals surface area contributed by atoms with Crippen molar-refractivity contribution < 1.29 is 4.74 Å². The molecule has 0 atom stereocenters. The van der Waals surface area contributed by atoms with Gasteiger partial charge in [0.1, 0.15) is 12.4 Å². The lowest BCUT2D eigenvalue weighted by Gasteiger charge is -2.34. The van der Waals surface area contributed by atoms with Gasteiger partial charge in [-0.25, -0.2) is 0 Å². The standard InChI is InChI=1S/C41H42OSi/c1-7-23-42-40-28(4)13-10-18-39(40)43(5,6)41-37-26-33(31-16-11-14-29(8-2)24-31)19-21-35(37)36-22-20-34(27-38(36)41)32-17-12-15-30(9-3)25-32/h7,10-22,24-27,41H,1,8-9,23H2,2-6H3. The number of hydrogen-bond donors (Lipinski definition) is 0. The van der Waals surface area contributed by atoms with E-state index in [2.05, 4.69) is 144 Å².